The van der Waals surface area contributed by atoms with Crippen LogP contribution in [0.4, 0.5) is 0 Å². The Morgan fingerprint density at radius 2 is 2.13 bits per heavy atom. The highest BCUT2D eigenvalue weighted by atomic mass is 35.5. The van der Waals surface area contributed by atoms with Crippen molar-refractivity contribution in [2.75, 3.05) is 7.11 Å². The molecule has 15 heavy (non-hydrogen) atoms. The minimum Gasteiger partial charge on any atom is -0.496 e. The lowest BCUT2D eigenvalue weighted by molar-refractivity contribution is 0.411. The Morgan fingerprint density at radius 1 is 1.47 bits per heavy atom. The summed E-state index contributed by atoms with van der Waals surface area (Å²) >= 11 is 6.43. The smallest absolute Gasteiger partial charge is 0.121 e. The van der Waals surface area contributed by atoms with Crippen LogP contribution < -0.4 is 4.74 Å². The van der Waals surface area contributed by atoms with Gasteiger partial charge in [-0.3, -0.25) is 0 Å². The third-order valence-electron chi connectivity index (χ3n) is 3.28. The molecule has 0 heterocycles. The maximum atomic E-state index is 6.43. The first kappa shape index (κ1) is 10.8. The summed E-state index contributed by atoms with van der Waals surface area (Å²) in [6.45, 7) is 4.32. The zero-order valence-electron chi connectivity index (χ0n) is 9.46. The summed E-state index contributed by atoms with van der Waals surface area (Å²) in [5.74, 6) is 2.39. The maximum Gasteiger partial charge on any atom is 0.121 e. The van der Waals surface area contributed by atoms with Crippen LogP contribution in [-0.2, 0) is 0 Å². The first-order valence-corrected chi connectivity index (χ1v) is 5.85. The topological polar surface area (TPSA) is 9.23 Å². The molecule has 0 saturated heterocycles. The second-order valence-electron chi connectivity index (χ2n) is 4.51. The first-order valence-electron chi connectivity index (χ1n) is 5.42. The van der Waals surface area contributed by atoms with Gasteiger partial charge in [-0.25, -0.2) is 0 Å². The van der Waals surface area contributed by atoms with E-state index in [1.54, 1.807) is 7.11 Å². The van der Waals surface area contributed by atoms with Gasteiger partial charge in [0.25, 0.3) is 0 Å². The highest BCUT2D eigenvalue weighted by Crippen LogP contribution is 2.50. The molecule has 0 N–H and O–H groups in total. The van der Waals surface area contributed by atoms with Crippen molar-refractivity contribution in [1.82, 2.24) is 0 Å². The molecular weight excluding hydrogens is 208 g/mol. The van der Waals surface area contributed by atoms with E-state index in [0.29, 0.717) is 5.92 Å². The maximum absolute atomic E-state index is 6.43. The van der Waals surface area contributed by atoms with Crippen LogP contribution in [0.5, 0.6) is 5.75 Å². The SMILES string of the molecule is COc1ccc(C(Cl)C2CC2C)cc1C. The first-order chi connectivity index (χ1) is 7.13. The molecule has 0 spiro atoms. The average molecular weight is 225 g/mol. The number of benzene rings is 1. The molecule has 0 amide bonds. The van der Waals surface area contributed by atoms with Gasteiger partial charge in [0.15, 0.2) is 0 Å². The van der Waals surface area contributed by atoms with Gasteiger partial charge in [-0.1, -0.05) is 19.1 Å². The number of methoxy groups -OCH3 is 1. The van der Waals surface area contributed by atoms with E-state index in [4.69, 9.17) is 16.3 Å². The monoisotopic (exact) mass is 224 g/mol. The molecule has 2 heteroatoms. The van der Waals surface area contributed by atoms with Crippen molar-refractivity contribution < 1.29 is 4.74 Å². The lowest BCUT2D eigenvalue weighted by Crippen LogP contribution is -1.96. The third-order valence-corrected chi connectivity index (χ3v) is 3.86. The van der Waals surface area contributed by atoms with E-state index >= 15 is 0 Å². The van der Waals surface area contributed by atoms with E-state index in [0.717, 1.165) is 17.2 Å². The Labute approximate surface area is 96.4 Å². The molecule has 1 saturated carbocycles. The summed E-state index contributed by atoms with van der Waals surface area (Å²) in [6.07, 6.45) is 1.26. The Bertz CT molecular complexity index is 362. The van der Waals surface area contributed by atoms with Crippen molar-refractivity contribution in [2.45, 2.75) is 25.6 Å². The van der Waals surface area contributed by atoms with Crippen LogP contribution in [0, 0.1) is 18.8 Å². The van der Waals surface area contributed by atoms with E-state index in [9.17, 15) is 0 Å². The second-order valence-corrected chi connectivity index (χ2v) is 4.98. The molecular formula is C13H17ClO. The van der Waals surface area contributed by atoms with Gasteiger partial charge in [-0.2, -0.15) is 0 Å². The zero-order chi connectivity index (χ0) is 11.0. The number of hydrogen-bond donors (Lipinski definition) is 0. The van der Waals surface area contributed by atoms with Crippen LogP contribution in [-0.4, -0.2) is 7.11 Å². The minimum atomic E-state index is 0.171. The molecule has 1 aromatic rings. The molecule has 3 atom stereocenters. The van der Waals surface area contributed by atoms with Gasteiger partial charge in [-0.05, 0) is 42.4 Å². The number of halogens is 1. The van der Waals surface area contributed by atoms with Crippen LogP contribution in [0.3, 0.4) is 0 Å². The molecule has 3 unspecified atom stereocenters. The molecule has 0 aliphatic heterocycles. The van der Waals surface area contributed by atoms with Crippen molar-refractivity contribution in [3.8, 4) is 5.75 Å². The summed E-state index contributed by atoms with van der Waals surface area (Å²) in [4.78, 5) is 0. The minimum absolute atomic E-state index is 0.171. The van der Waals surface area contributed by atoms with Crippen molar-refractivity contribution in [3.05, 3.63) is 29.3 Å². The quantitative estimate of drug-likeness (QED) is 0.707. The molecule has 1 nitrogen and oxygen atoms in total. The van der Waals surface area contributed by atoms with E-state index in [1.165, 1.54) is 12.0 Å². The molecule has 0 bridgehead atoms. The van der Waals surface area contributed by atoms with Gasteiger partial charge in [0.05, 0.1) is 12.5 Å². The second kappa shape index (κ2) is 4.05. The van der Waals surface area contributed by atoms with Crippen molar-refractivity contribution in [2.24, 2.45) is 11.8 Å². The Kier molecular flexibility index (Phi) is 2.92. The van der Waals surface area contributed by atoms with Gasteiger partial charge in [-0.15, -0.1) is 11.6 Å². The lowest BCUT2D eigenvalue weighted by atomic mass is 10.0. The number of alkyl halides is 1. The van der Waals surface area contributed by atoms with E-state index in [2.05, 4.69) is 26.0 Å². The summed E-state index contributed by atoms with van der Waals surface area (Å²) < 4.78 is 5.23. The van der Waals surface area contributed by atoms with Crippen LogP contribution >= 0.6 is 11.6 Å². The third kappa shape index (κ3) is 2.12. The fraction of sp³-hybridized carbons (Fsp3) is 0.538. The number of hydrogen-bond acceptors (Lipinski definition) is 1. The standard InChI is InChI=1S/C13H17ClO/c1-8-7-11(8)13(14)10-4-5-12(15-3)9(2)6-10/h4-6,8,11,13H,7H2,1-3H3. The Morgan fingerprint density at radius 3 is 2.60 bits per heavy atom. The molecule has 0 radical (unpaired) electrons. The predicted molar refractivity (Wildman–Crippen MR) is 63.6 cm³/mol. The Hall–Kier alpha value is -0.690. The van der Waals surface area contributed by atoms with E-state index in [1.807, 2.05) is 6.07 Å². The Balaban J connectivity index is 2.18. The highest BCUT2D eigenvalue weighted by molar-refractivity contribution is 6.21. The number of aryl methyl sites for hydroxylation is 1. The van der Waals surface area contributed by atoms with Gasteiger partial charge in [0, 0.05) is 0 Å². The molecule has 0 aromatic heterocycles. The summed E-state index contributed by atoms with van der Waals surface area (Å²) in [6, 6.07) is 6.23. The largest absolute Gasteiger partial charge is 0.496 e. The molecule has 1 aliphatic carbocycles. The predicted octanol–water partition coefficient (Wildman–Crippen LogP) is 3.94. The molecule has 1 aromatic carbocycles. The van der Waals surface area contributed by atoms with Crippen LogP contribution in [0.15, 0.2) is 18.2 Å². The van der Waals surface area contributed by atoms with Gasteiger partial charge >= 0.3 is 0 Å². The molecule has 2 rings (SSSR count). The van der Waals surface area contributed by atoms with Gasteiger partial charge in [0.2, 0.25) is 0 Å². The fourth-order valence-corrected chi connectivity index (χ4v) is 2.57. The molecule has 1 aliphatic rings. The summed E-state index contributed by atoms with van der Waals surface area (Å²) in [5, 5.41) is 0.171. The van der Waals surface area contributed by atoms with E-state index < -0.39 is 0 Å². The van der Waals surface area contributed by atoms with Gasteiger partial charge < -0.3 is 4.74 Å². The fourth-order valence-electron chi connectivity index (χ4n) is 2.08. The van der Waals surface area contributed by atoms with Crippen molar-refractivity contribution in [3.63, 3.8) is 0 Å². The van der Waals surface area contributed by atoms with Gasteiger partial charge in [0.1, 0.15) is 5.75 Å². The van der Waals surface area contributed by atoms with Crippen LogP contribution in [0.25, 0.3) is 0 Å². The summed E-state index contributed by atoms with van der Waals surface area (Å²) in [7, 11) is 1.70. The normalized spacial score (nSPS) is 26.1. The number of ether oxygens (including phenoxy) is 1. The zero-order valence-corrected chi connectivity index (χ0v) is 10.2. The highest BCUT2D eigenvalue weighted by Gasteiger charge is 2.39. The van der Waals surface area contributed by atoms with Crippen molar-refractivity contribution in [1.29, 1.82) is 0 Å². The number of rotatable bonds is 3. The van der Waals surface area contributed by atoms with E-state index in [-0.39, 0.29) is 5.38 Å². The van der Waals surface area contributed by atoms with Crippen molar-refractivity contribution >= 4 is 11.6 Å². The average Bonchev–Trinajstić information content (AvgIpc) is 2.94. The van der Waals surface area contributed by atoms with Crippen LogP contribution in [0.2, 0.25) is 0 Å². The molecule has 82 valence electrons. The summed E-state index contributed by atoms with van der Waals surface area (Å²) in [5.41, 5.74) is 2.39. The molecule has 1 fully saturated rings. The lowest BCUT2D eigenvalue weighted by Gasteiger charge is -2.12. The van der Waals surface area contributed by atoms with Crippen LogP contribution in [0.1, 0.15) is 29.8 Å².